The number of nitrogens with one attached hydrogen (secondary N) is 1. The van der Waals surface area contributed by atoms with E-state index in [2.05, 4.69) is 5.32 Å². The SMILES string of the molecule is CC.CCC(=O)Nc1ccc(C2(F)CC2)cc1. The summed E-state index contributed by atoms with van der Waals surface area (Å²) in [6.07, 6.45) is 1.69. The molecule has 1 aliphatic carbocycles. The van der Waals surface area contributed by atoms with Crippen LogP contribution in [0.15, 0.2) is 24.3 Å². The van der Waals surface area contributed by atoms with Crippen LogP contribution < -0.4 is 5.32 Å². The maximum atomic E-state index is 13.6. The number of rotatable bonds is 3. The molecular formula is C14H20FNO. The summed E-state index contributed by atoms with van der Waals surface area (Å²) in [4.78, 5) is 11.1. The Morgan fingerprint density at radius 3 is 2.24 bits per heavy atom. The zero-order valence-electron chi connectivity index (χ0n) is 10.7. The van der Waals surface area contributed by atoms with Crippen LogP contribution in [-0.4, -0.2) is 5.91 Å². The monoisotopic (exact) mass is 237 g/mol. The molecule has 1 aliphatic rings. The lowest BCUT2D eigenvalue weighted by atomic mass is 10.1. The van der Waals surface area contributed by atoms with Gasteiger partial charge in [0.2, 0.25) is 5.91 Å². The van der Waals surface area contributed by atoms with Gasteiger partial charge in [0.15, 0.2) is 0 Å². The van der Waals surface area contributed by atoms with Gasteiger partial charge in [-0.25, -0.2) is 4.39 Å². The van der Waals surface area contributed by atoms with Gasteiger partial charge in [0.25, 0.3) is 0 Å². The van der Waals surface area contributed by atoms with E-state index < -0.39 is 5.67 Å². The summed E-state index contributed by atoms with van der Waals surface area (Å²) in [7, 11) is 0. The molecule has 0 atom stereocenters. The normalized spacial score (nSPS) is 15.5. The highest BCUT2D eigenvalue weighted by atomic mass is 19.1. The third-order valence-corrected chi connectivity index (χ3v) is 2.70. The number of alkyl halides is 1. The molecule has 0 heterocycles. The average Bonchev–Trinajstić information content (AvgIpc) is 3.12. The second-order valence-corrected chi connectivity index (χ2v) is 3.94. The molecule has 3 heteroatoms. The van der Waals surface area contributed by atoms with E-state index in [0.29, 0.717) is 19.3 Å². The van der Waals surface area contributed by atoms with Gasteiger partial charge in [0.1, 0.15) is 5.67 Å². The van der Waals surface area contributed by atoms with E-state index >= 15 is 0 Å². The van der Waals surface area contributed by atoms with Crippen LogP contribution in [0, 0.1) is 0 Å². The summed E-state index contributed by atoms with van der Waals surface area (Å²) >= 11 is 0. The van der Waals surface area contributed by atoms with E-state index in [0.717, 1.165) is 11.3 Å². The third-order valence-electron chi connectivity index (χ3n) is 2.70. The molecule has 1 aromatic carbocycles. The van der Waals surface area contributed by atoms with E-state index in [4.69, 9.17) is 0 Å². The van der Waals surface area contributed by atoms with Crippen molar-refractivity contribution in [2.24, 2.45) is 0 Å². The van der Waals surface area contributed by atoms with E-state index in [-0.39, 0.29) is 5.91 Å². The van der Waals surface area contributed by atoms with Gasteiger partial charge in [-0.15, -0.1) is 0 Å². The van der Waals surface area contributed by atoms with Gasteiger partial charge < -0.3 is 5.32 Å². The van der Waals surface area contributed by atoms with Crippen LogP contribution in [0.4, 0.5) is 10.1 Å². The molecule has 0 radical (unpaired) electrons. The van der Waals surface area contributed by atoms with E-state index in [1.54, 1.807) is 31.2 Å². The highest BCUT2D eigenvalue weighted by Crippen LogP contribution is 2.49. The fourth-order valence-corrected chi connectivity index (χ4v) is 1.50. The first-order chi connectivity index (χ1) is 8.14. The molecule has 1 amide bonds. The highest BCUT2D eigenvalue weighted by molar-refractivity contribution is 5.90. The van der Waals surface area contributed by atoms with E-state index in [1.807, 2.05) is 13.8 Å². The zero-order chi connectivity index (χ0) is 12.9. The average molecular weight is 237 g/mol. The fourth-order valence-electron chi connectivity index (χ4n) is 1.50. The Hall–Kier alpha value is -1.38. The Balaban J connectivity index is 0.000000686. The second kappa shape index (κ2) is 5.80. The molecule has 2 rings (SSSR count). The number of amides is 1. The number of hydrogen-bond donors (Lipinski definition) is 1. The Morgan fingerprint density at radius 2 is 1.82 bits per heavy atom. The van der Waals surface area contributed by atoms with E-state index in [9.17, 15) is 9.18 Å². The minimum absolute atomic E-state index is 0.0240. The topological polar surface area (TPSA) is 29.1 Å². The number of carbonyl (C=O) groups excluding carboxylic acids is 1. The van der Waals surface area contributed by atoms with Gasteiger partial charge in [-0.2, -0.15) is 0 Å². The summed E-state index contributed by atoms with van der Waals surface area (Å²) in [5.74, 6) is -0.0240. The number of hydrogen-bond acceptors (Lipinski definition) is 1. The van der Waals surface area contributed by atoms with Gasteiger partial charge in [0.05, 0.1) is 0 Å². The van der Waals surface area contributed by atoms with Gasteiger partial charge in [0, 0.05) is 12.1 Å². The smallest absolute Gasteiger partial charge is 0.224 e. The van der Waals surface area contributed by atoms with Crippen molar-refractivity contribution in [1.82, 2.24) is 0 Å². The van der Waals surface area contributed by atoms with Gasteiger partial charge in [-0.3, -0.25) is 4.79 Å². The van der Waals surface area contributed by atoms with Crippen LogP contribution in [-0.2, 0) is 10.5 Å². The second-order valence-electron chi connectivity index (χ2n) is 3.94. The van der Waals surface area contributed by atoms with Crippen LogP contribution in [0.3, 0.4) is 0 Å². The first-order valence-electron chi connectivity index (χ1n) is 6.23. The summed E-state index contributed by atoms with van der Waals surface area (Å²) in [6, 6.07) is 7.00. The molecule has 1 N–H and O–H groups in total. The molecule has 94 valence electrons. The lowest BCUT2D eigenvalue weighted by molar-refractivity contribution is -0.115. The number of halogens is 1. The van der Waals surface area contributed by atoms with Crippen molar-refractivity contribution in [3.63, 3.8) is 0 Å². The Labute approximate surface area is 102 Å². The predicted molar refractivity (Wildman–Crippen MR) is 68.7 cm³/mol. The predicted octanol–water partition coefficient (Wildman–Crippen LogP) is 4.02. The molecular weight excluding hydrogens is 217 g/mol. The molecule has 2 nitrogen and oxygen atoms in total. The van der Waals surface area contributed by atoms with E-state index in [1.165, 1.54) is 0 Å². The van der Waals surface area contributed by atoms with Crippen LogP contribution in [0.1, 0.15) is 45.6 Å². The van der Waals surface area contributed by atoms with Crippen molar-refractivity contribution in [3.05, 3.63) is 29.8 Å². The zero-order valence-corrected chi connectivity index (χ0v) is 10.7. The molecule has 0 spiro atoms. The van der Waals surface area contributed by atoms with Crippen molar-refractivity contribution in [2.75, 3.05) is 5.32 Å². The summed E-state index contributed by atoms with van der Waals surface area (Å²) in [6.45, 7) is 5.80. The Kier molecular flexibility index (Phi) is 4.67. The molecule has 1 aromatic rings. The summed E-state index contributed by atoms with van der Waals surface area (Å²) < 4.78 is 13.6. The lowest BCUT2D eigenvalue weighted by Gasteiger charge is -2.07. The number of carbonyl (C=O) groups is 1. The Bertz CT molecular complexity index is 368. The van der Waals surface area contributed by atoms with Crippen molar-refractivity contribution in [2.45, 2.75) is 45.7 Å². The summed E-state index contributed by atoms with van der Waals surface area (Å²) in [5.41, 5.74) is 0.361. The first-order valence-corrected chi connectivity index (χ1v) is 6.23. The van der Waals surface area contributed by atoms with Crippen molar-refractivity contribution in [3.8, 4) is 0 Å². The Morgan fingerprint density at radius 1 is 1.29 bits per heavy atom. The molecule has 0 aliphatic heterocycles. The van der Waals surface area contributed by atoms with Crippen LogP contribution >= 0.6 is 0 Å². The highest BCUT2D eigenvalue weighted by Gasteiger charge is 2.44. The quantitative estimate of drug-likeness (QED) is 0.845. The first kappa shape index (κ1) is 13.7. The molecule has 1 fully saturated rings. The van der Waals surface area contributed by atoms with Crippen LogP contribution in [0.25, 0.3) is 0 Å². The van der Waals surface area contributed by atoms with Crippen molar-refractivity contribution >= 4 is 11.6 Å². The molecule has 17 heavy (non-hydrogen) atoms. The standard InChI is InChI=1S/C12H14FNO.C2H6/c1-2-11(15)14-10-5-3-9(4-6-10)12(13)7-8-12;1-2/h3-6H,2,7-8H2,1H3,(H,14,15);1-2H3. The molecule has 0 bridgehead atoms. The van der Waals surface area contributed by atoms with Gasteiger partial charge >= 0.3 is 0 Å². The third kappa shape index (κ3) is 3.55. The molecule has 0 aromatic heterocycles. The number of benzene rings is 1. The fraction of sp³-hybridized carbons (Fsp3) is 0.500. The maximum absolute atomic E-state index is 13.6. The molecule has 1 saturated carbocycles. The van der Waals surface area contributed by atoms with Crippen LogP contribution in [0.2, 0.25) is 0 Å². The molecule has 0 saturated heterocycles. The molecule has 0 unspecified atom stereocenters. The minimum Gasteiger partial charge on any atom is -0.326 e. The largest absolute Gasteiger partial charge is 0.326 e. The van der Waals surface area contributed by atoms with Gasteiger partial charge in [-0.05, 0) is 30.5 Å². The lowest BCUT2D eigenvalue weighted by Crippen LogP contribution is -2.09. The maximum Gasteiger partial charge on any atom is 0.224 e. The van der Waals surface area contributed by atoms with Crippen molar-refractivity contribution < 1.29 is 9.18 Å². The summed E-state index contributed by atoms with van der Waals surface area (Å²) in [5, 5.41) is 2.73. The van der Waals surface area contributed by atoms with Crippen LogP contribution in [0.5, 0.6) is 0 Å². The van der Waals surface area contributed by atoms with Crippen molar-refractivity contribution in [1.29, 1.82) is 0 Å². The minimum atomic E-state index is -1.09. The number of anilines is 1. The van der Waals surface area contributed by atoms with Gasteiger partial charge in [-0.1, -0.05) is 32.9 Å².